The van der Waals surface area contributed by atoms with Crippen molar-refractivity contribution in [2.45, 2.75) is 63.6 Å². The topological polar surface area (TPSA) is 21.3 Å². The largest absolute Gasteiger partial charge is 0.381 e. The average Bonchev–Trinajstić information content (AvgIpc) is 2.92. The second-order valence-electron chi connectivity index (χ2n) is 4.98. The minimum absolute atomic E-state index is 0.533. The van der Waals surface area contributed by atoms with Gasteiger partial charge in [-0.05, 0) is 31.6 Å². The first kappa shape index (κ1) is 10.4. The Morgan fingerprint density at radius 3 is 2.57 bits per heavy atom. The zero-order valence-corrected chi connectivity index (χ0v) is 9.46. The van der Waals surface area contributed by atoms with Crippen LogP contribution in [0.25, 0.3) is 0 Å². The molecule has 0 aromatic rings. The number of hydrogen-bond donors (Lipinski definition) is 1. The molecule has 2 aliphatic rings. The van der Waals surface area contributed by atoms with Crippen molar-refractivity contribution in [3.8, 4) is 0 Å². The molecular weight excluding hydrogens is 174 g/mol. The van der Waals surface area contributed by atoms with Gasteiger partial charge < -0.3 is 10.1 Å². The molecule has 0 saturated heterocycles. The van der Waals surface area contributed by atoms with E-state index in [1.807, 2.05) is 7.11 Å². The number of hydrogen-bond acceptors (Lipinski definition) is 2. The van der Waals surface area contributed by atoms with Crippen LogP contribution in [0.3, 0.4) is 0 Å². The standard InChI is InChI=1S/C12H23NO/c1-3-10(6-9-4-5-9)13-11-7-12(8-11)14-2/h9-13H,3-8H2,1-2H3. The minimum atomic E-state index is 0.533. The lowest BCUT2D eigenvalue weighted by Gasteiger charge is -2.37. The van der Waals surface area contributed by atoms with Crippen LogP contribution in [0.5, 0.6) is 0 Å². The van der Waals surface area contributed by atoms with Gasteiger partial charge in [0.25, 0.3) is 0 Å². The first-order chi connectivity index (χ1) is 6.81. The SMILES string of the molecule is CCC(CC1CC1)NC1CC(OC)C1. The molecule has 0 bridgehead atoms. The summed E-state index contributed by atoms with van der Waals surface area (Å²) < 4.78 is 5.29. The van der Waals surface area contributed by atoms with Gasteiger partial charge in [0.1, 0.15) is 0 Å². The van der Waals surface area contributed by atoms with Crippen molar-refractivity contribution in [1.29, 1.82) is 0 Å². The van der Waals surface area contributed by atoms with Crippen LogP contribution in [-0.2, 0) is 4.74 Å². The summed E-state index contributed by atoms with van der Waals surface area (Å²) >= 11 is 0. The van der Waals surface area contributed by atoms with E-state index in [1.54, 1.807) is 0 Å². The van der Waals surface area contributed by atoms with Crippen molar-refractivity contribution >= 4 is 0 Å². The highest BCUT2D eigenvalue weighted by Crippen LogP contribution is 2.34. The molecule has 2 nitrogen and oxygen atoms in total. The summed E-state index contributed by atoms with van der Waals surface area (Å²) in [7, 11) is 1.82. The van der Waals surface area contributed by atoms with Crippen LogP contribution in [0, 0.1) is 5.92 Å². The summed E-state index contributed by atoms with van der Waals surface area (Å²) in [6.07, 6.45) is 8.61. The molecule has 0 spiro atoms. The summed E-state index contributed by atoms with van der Waals surface area (Å²) in [5.41, 5.74) is 0. The molecule has 0 radical (unpaired) electrons. The molecule has 82 valence electrons. The molecule has 2 fully saturated rings. The predicted molar refractivity (Wildman–Crippen MR) is 58.4 cm³/mol. The number of ether oxygens (including phenoxy) is 1. The summed E-state index contributed by atoms with van der Waals surface area (Å²) in [6, 6.07) is 1.51. The summed E-state index contributed by atoms with van der Waals surface area (Å²) in [5, 5.41) is 3.76. The third kappa shape index (κ3) is 2.71. The third-order valence-electron chi connectivity index (χ3n) is 3.71. The van der Waals surface area contributed by atoms with E-state index in [4.69, 9.17) is 4.74 Å². The van der Waals surface area contributed by atoms with Gasteiger partial charge in [0.15, 0.2) is 0 Å². The molecule has 14 heavy (non-hydrogen) atoms. The molecular formula is C12H23NO. The summed E-state index contributed by atoms with van der Waals surface area (Å²) in [5.74, 6) is 1.05. The Morgan fingerprint density at radius 1 is 1.36 bits per heavy atom. The molecule has 1 unspecified atom stereocenters. The maximum absolute atomic E-state index is 5.29. The van der Waals surface area contributed by atoms with E-state index < -0.39 is 0 Å². The molecule has 2 rings (SSSR count). The normalized spacial score (nSPS) is 33.9. The second kappa shape index (κ2) is 4.63. The van der Waals surface area contributed by atoms with E-state index in [-0.39, 0.29) is 0 Å². The van der Waals surface area contributed by atoms with Crippen molar-refractivity contribution in [2.75, 3.05) is 7.11 Å². The Balaban J connectivity index is 1.62. The maximum Gasteiger partial charge on any atom is 0.0601 e. The Morgan fingerprint density at radius 2 is 2.07 bits per heavy atom. The smallest absolute Gasteiger partial charge is 0.0601 e. The molecule has 0 aromatic carbocycles. The average molecular weight is 197 g/mol. The molecule has 1 N–H and O–H groups in total. The lowest BCUT2D eigenvalue weighted by molar-refractivity contribution is 0.0136. The Hall–Kier alpha value is -0.0800. The summed E-state index contributed by atoms with van der Waals surface area (Å²) in [6.45, 7) is 2.30. The van der Waals surface area contributed by atoms with Crippen molar-refractivity contribution < 1.29 is 4.74 Å². The molecule has 2 aliphatic carbocycles. The zero-order chi connectivity index (χ0) is 9.97. The zero-order valence-electron chi connectivity index (χ0n) is 9.46. The van der Waals surface area contributed by atoms with Crippen LogP contribution in [0.1, 0.15) is 45.4 Å². The quantitative estimate of drug-likeness (QED) is 0.705. The minimum Gasteiger partial charge on any atom is -0.381 e. The fourth-order valence-electron chi connectivity index (χ4n) is 2.34. The van der Waals surface area contributed by atoms with E-state index in [9.17, 15) is 0 Å². The van der Waals surface area contributed by atoms with Crippen molar-refractivity contribution in [2.24, 2.45) is 5.92 Å². The van der Waals surface area contributed by atoms with Crippen LogP contribution in [0.2, 0.25) is 0 Å². The van der Waals surface area contributed by atoms with Gasteiger partial charge in [-0.3, -0.25) is 0 Å². The van der Waals surface area contributed by atoms with Crippen LogP contribution in [0.4, 0.5) is 0 Å². The molecule has 2 heteroatoms. The lowest BCUT2D eigenvalue weighted by atomic mass is 9.88. The predicted octanol–water partition coefficient (Wildman–Crippen LogP) is 2.33. The van der Waals surface area contributed by atoms with Gasteiger partial charge in [0.05, 0.1) is 6.10 Å². The Kier molecular flexibility index (Phi) is 3.45. The first-order valence-electron chi connectivity index (χ1n) is 6.10. The molecule has 0 aliphatic heterocycles. The highest BCUT2D eigenvalue weighted by Gasteiger charge is 2.32. The fraction of sp³-hybridized carbons (Fsp3) is 1.00. The van der Waals surface area contributed by atoms with Crippen LogP contribution in [-0.4, -0.2) is 25.3 Å². The van der Waals surface area contributed by atoms with Gasteiger partial charge >= 0.3 is 0 Å². The molecule has 2 saturated carbocycles. The highest BCUT2D eigenvalue weighted by atomic mass is 16.5. The monoisotopic (exact) mass is 197 g/mol. The van der Waals surface area contributed by atoms with Crippen molar-refractivity contribution in [1.82, 2.24) is 5.32 Å². The third-order valence-corrected chi connectivity index (χ3v) is 3.71. The van der Waals surface area contributed by atoms with E-state index in [0.29, 0.717) is 6.10 Å². The van der Waals surface area contributed by atoms with Gasteiger partial charge in [-0.2, -0.15) is 0 Å². The second-order valence-corrected chi connectivity index (χ2v) is 4.98. The van der Waals surface area contributed by atoms with E-state index in [1.165, 1.54) is 38.5 Å². The fourth-order valence-corrected chi connectivity index (χ4v) is 2.34. The van der Waals surface area contributed by atoms with Gasteiger partial charge in [-0.1, -0.05) is 19.8 Å². The molecule has 0 amide bonds. The first-order valence-corrected chi connectivity index (χ1v) is 6.10. The van der Waals surface area contributed by atoms with Gasteiger partial charge in [-0.15, -0.1) is 0 Å². The van der Waals surface area contributed by atoms with Crippen LogP contribution >= 0.6 is 0 Å². The Labute approximate surface area is 87.4 Å². The maximum atomic E-state index is 5.29. The van der Waals surface area contributed by atoms with Crippen molar-refractivity contribution in [3.05, 3.63) is 0 Å². The van der Waals surface area contributed by atoms with Gasteiger partial charge in [0.2, 0.25) is 0 Å². The Bertz CT molecular complexity index is 173. The number of methoxy groups -OCH3 is 1. The lowest BCUT2D eigenvalue weighted by Crippen LogP contribution is -2.49. The molecule has 1 atom stereocenters. The summed E-state index contributed by atoms with van der Waals surface area (Å²) in [4.78, 5) is 0. The van der Waals surface area contributed by atoms with Crippen molar-refractivity contribution in [3.63, 3.8) is 0 Å². The molecule has 0 aromatic heterocycles. The van der Waals surface area contributed by atoms with Gasteiger partial charge in [0, 0.05) is 19.2 Å². The number of rotatable bonds is 6. The van der Waals surface area contributed by atoms with Crippen LogP contribution in [0.15, 0.2) is 0 Å². The number of nitrogens with one attached hydrogen (secondary N) is 1. The van der Waals surface area contributed by atoms with E-state index >= 15 is 0 Å². The highest BCUT2D eigenvalue weighted by molar-refractivity contribution is 4.89. The molecule has 0 heterocycles. The van der Waals surface area contributed by atoms with E-state index in [0.717, 1.165) is 18.0 Å². The van der Waals surface area contributed by atoms with Gasteiger partial charge in [-0.25, -0.2) is 0 Å². The van der Waals surface area contributed by atoms with E-state index in [2.05, 4.69) is 12.2 Å². The van der Waals surface area contributed by atoms with Crippen LogP contribution < -0.4 is 5.32 Å².